The Morgan fingerprint density at radius 1 is 1.28 bits per heavy atom. The molecule has 1 aliphatic rings. The minimum absolute atomic E-state index is 0. The molecule has 1 aliphatic carbocycles. The largest absolute Gasteiger partial charge is 1.00 e. The number of benzene rings is 2. The molecule has 32 heavy (non-hydrogen) atoms. The monoisotopic (exact) mass is 528 g/mol. The molecule has 6 heteroatoms. The van der Waals surface area contributed by atoms with Crippen LogP contribution in [0, 0.1) is 38.5 Å². The Bertz CT molecular complexity index is 794. The maximum absolute atomic E-state index is 11.5. The van der Waals surface area contributed by atoms with E-state index in [2.05, 4.69) is 46.9 Å². The summed E-state index contributed by atoms with van der Waals surface area (Å²) in [5.74, 6) is 0.348. The van der Waals surface area contributed by atoms with Gasteiger partial charge in [0.05, 0.1) is 5.91 Å². The molecule has 0 saturated heterocycles. The van der Waals surface area contributed by atoms with E-state index in [1.165, 1.54) is 5.56 Å². The van der Waals surface area contributed by atoms with E-state index >= 15 is 0 Å². The van der Waals surface area contributed by atoms with E-state index in [1.54, 1.807) is 18.4 Å². The van der Waals surface area contributed by atoms with Gasteiger partial charge in [0, 0.05) is 0 Å². The third kappa shape index (κ3) is 15.3. The van der Waals surface area contributed by atoms with Gasteiger partial charge in [-0.25, -0.2) is 6.07 Å². The number of carbonyl (C=O) groups is 1. The maximum Gasteiger partial charge on any atom is 1.00 e. The van der Waals surface area contributed by atoms with Gasteiger partial charge in [-0.1, -0.05) is 33.1 Å². The second-order valence-electron chi connectivity index (χ2n) is 6.80. The second-order valence-corrected chi connectivity index (χ2v) is 7.65. The molecule has 1 N–H and O–H groups in total. The fourth-order valence-corrected chi connectivity index (χ4v) is 3.02. The normalized spacial score (nSPS) is 12.6. The van der Waals surface area contributed by atoms with Crippen molar-refractivity contribution in [3.05, 3.63) is 95.3 Å². The fraction of sp³-hybridized carbons (Fsp3) is 0.308. The summed E-state index contributed by atoms with van der Waals surface area (Å²) in [6.45, 7) is 7.73. The van der Waals surface area contributed by atoms with Crippen molar-refractivity contribution in [1.82, 2.24) is 5.32 Å². The molecule has 0 unspecified atom stereocenters. The minimum Gasteiger partial charge on any atom is -0.496 e. The number of hydrogen-bond acceptors (Lipinski definition) is 2. The average molecular weight is 530 g/mol. The molecule has 1 fully saturated rings. The number of aryl methyl sites for hydroxylation is 1. The van der Waals surface area contributed by atoms with Gasteiger partial charge in [-0.15, -0.1) is 32.5 Å². The van der Waals surface area contributed by atoms with E-state index in [4.69, 9.17) is 0 Å². The van der Waals surface area contributed by atoms with Crippen LogP contribution in [-0.2, 0) is 9.59 Å². The third-order valence-electron chi connectivity index (χ3n) is 4.40. The number of allylic oxidation sites excluding steroid dienone is 1. The number of amides is 1. The van der Waals surface area contributed by atoms with Crippen LogP contribution in [-0.4, -0.2) is 12.2 Å². The van der Waals surface area contributed by atoms with E-state index in [0.717, 1.165) is 36.6 Å². The Morgan fingerprint density at radius 3 is 2.44 bits per heavy atom. The van der Waals surface area contributed by atoms with Crippen LogP contribution in [0.5, 0.6) is 0 Å². The molecule has 0 bridgehead atoms. The van der Waals surface area contributed by atoms with Crippen molar-refractivity contribution in [2.24, 2.45) is 5.92 Å². The maximum atomic E-state index is 11.5. The van der Waals surface area contributed by atoms with Gasteiger partial charge in [0.1, 0.15) is 0 Å². The molecule has 0 aliphatic heterocycles. The average Bonchev–Trinajstić information content (AvgIpc) is 2.78. The zero-order valence-electron chi connectivity index (χ0n) is 19.7. The van der Waals surface area contributed by atoms with Crippen molar-refractivity contribution >= 4 is 28.1 Å². The molecule has 3 nitrogen and oxygen atoms in total. The first-order valence-electron chi connectivity index (χ1n) is 10.1. The van der Waals surface area contributed by atoms with Crippen LogP contribution in [0.3, 0.4) is 0 Å². The molecular formula is C26H29BrKNNaO2-3. The van der Waals surface area contributed by atoms with E-state index in [0.29, 0.717) is 11.1 Å². The predicted octanol–water partition coefficient (Wildman–Crippen LogP) is 0.116. The van der Waals surface area contributed by atoms with Crippen molar-refractivity contribution in [3.63, 3.8) is 0 Å². The van der Waals surface area contributed by atoms with E-state index in [9.17, 15) is 9.59 Å². The standard InChI is InChI=1S/C11H17NO.C8H5BrO.C7H7.K.Na/c1-2-3-9-12-11(13)10-7-5-4-6-8-10;1-6-7(5-10)3-2-4-8(6)9;1-7-5-3-2-4-6-7;;/h3-4,10H,2,5-8H2,1H3,(H,12,13);2-4H,1H2;2-5H,1H3;;/q2*-2;-1;2*+1. The molecule has 0 spiro atoms. The molecule has 162 valence electrons. The fourth-order valence-electron chi connectivity index (χ4n) is 2.65. The van der Waals surface area contributed by atoms with Gasteiger partial charge in [-0.3, -0.25) is 18.1 Å². The summed E-state index contributed by atoms with van der Waals surface area (Å²) in [5.41, 5.74) is 2.40. The van der Waals surface area contributed by atoms with Crippen molar-refractivity contribution in [2.75, 3.05) is 0 Å². The summed E-state index contributed by atoms with van der Waals surface area (Å²) in [5, 5.41) is 2.69. The van der Waals surface area contributed by atoms with Crippen molar-refractivity contribution in [3.8, 4) is 0 Å². The van der Waals surface area contributed by atoms with Gasteiger partial charge in [0.25, 0.3) is 0 Å². The zero-order chi connectivity index (χ0) is 22.2. The number of carbonyl (C=O) groups excluding carboxylic acids is 2. The first kappa shape index (κ1) is 34.5. The van der Waals surface area contributed by atoms with Crippen molar-refractivity contribution in [2.45, 2.75) is 46.0 Å². The van der Waals surface area contributed by atoms with E-state index < -0.39 is 0 Å². The molecular weight excluding hydrogens is 500 g/mol. The second kappa shape index (κ2) is 21.8. The van der Waals surface area contributed by atoms with E-state index in [-0.39, 0.29) is 92.8 Å². The van der Waals surface area contributed by atoms with Gasteiger partial charge in [-0.05, 0) is 12.2 Å². The topological polar surface area (TPSA) is 46.2 Å². The van der Waals surface area contributed by atoms with Gasteiger partial charge >= 0.3 is 80.9 Å². The summed E-state index contributed by atoms with van der Waals surface area (Å²) in [6.07, 6.45) is 13.8. The van der Waals surface area contributed by atoms with Crippen LogP contribution in [0.2, 0.25) is 0 Å². The minimum atomic E-state index is 0. The van der Waals surface area contributed by atoms with Crippen LogP contribution in [0.1, 0.15) is 55.7 Å². The summed E-state index contributed by atoms with van der Waals surface area (Å²) >= 11 is 3.25. The first-order chi connectivity index (χ1) is 14.5. The van der Waals surface area contributed by atoms with Gasteiger partial charge in [0.2, 0.25) is 0 Å². The smallest absolute Gasteiger partial charge is 0.496 e. The molecule has 0 radical (unpaired) electrons. The molecule has 0 atom stereocenters. The van der Waals surface area contributed by atoms with Gasteiger partial charge < -0.3 is 21.3 Å². The van der Waals surface area contributed by atoms with Gasteiger partial charge in [0.15, 0.2) is 0 Å². The summed E-state index contributed by atoms with van der Waals surface area (Å²) < 4.78 is 0.841. The third-order valence-corrected chi connectivity index (χ3v) is 5.15. The van der Waals surface area contributed by atoms with Crippen LogP contribution >= 0.6 is 15.9 Å². The number of nitrogens with one attached hydrogen (secondary N) is 1. The Kier molecular flexibility index (Phi) is 23.5. The number of rotatable bonds is 4. The SMILES string of the molecule is CCC=[C-]NC(=O)C1CC[CH-]CC1.Cc1[c-]cccc1.[CH2-]c1c(Br)cccc1[C-]=O.[K+].[Na+]. The van der Waals surface area contributed by atoms with E-state index in [1.807, 2.05) is 50.3 Å². The molecule has 3 rings (SSSR count). The number of hydrogen-bond donors (Lipinski definition) is 1. The number of halogens is 1. The predicted molar refractivity (Wildman–Crippen MR) is 126 cm³/mol. The quantitative estimate of drug-likeness (QED) is 0.348. The van der Waals surface area contributed by atoms with Crippen LogP contribution in [0.25, 0.3) is 0 Å². The van der Waals surface area contributed by atoms with Crippen LogP contribution in [0.15, 0.2) is 53.0 Å². The molecule has 0 aromatic heterocycles. The van der Waals surface area contributed by atoms with Crippen LogP contribution < -0.4 is 86.3 Å². The first-order valence-corrected chi connectivity index (χ1v) is 10.9. The Hall–Kier alpha value is 0.306. The molecule has 1 amide bonds. The Morgan fingerprint density at radius 2 is 1.97 bits per heavy atom. The summed E-state index contributed by atoms with van der Waals surface area (Å²) in [6, 6.07) is 16.2. The molecule has 2 aromatic rings. The van der Waals surface area contributed by atoms with Crippen molar-refractivity contribution < 1.29 is 90.5 Å². The Balaban J connectivity index is 0. The summed E-state index contributed by atoms with van der Waals surface area (Å²) in [4.78, 5) is 21.7. The zero-order valence-corrected chi connectivity index (χ0v) is 26.4. The summed E-state index contributed by atoms with van der Waals surface area (Å²) in [7, 11) is 0. The Labute approximate surface area is 267 Å². The van der Waals surface area contributed by atoms with Crippen LogP contribution in [0.4, 0.5) is 0 Å². The van der Waals surface area contributed by atoms with Gasteiger partial charge in [-0.2, -0.15) is 61.0 Å². The molecule has 1 saturated carbocycles. The molecule has 0 heterocycles. The molecule has 2 aromatic carbocycles. The van der Waals surface area contributed by atoms with Crippen molar-refractivity contribution in [1.29, 1.82) is 0 Å².